The molecule has 0 aromatic rings. The van der Waals surface area contributed by atoms with Crippen LogP contribution in [0.25, 0.3) is 0 Å². The molecule has 0 aromatic heterocycles. The molecule has 3 heteroatoms. The van der Waals surface area contributed by atoms with Crippen LogP contribution in [0.3, 0.4) is 0 Å². The van der Waals surface area contributed by atoms with Crippen LogP contribution in [-0.4, -0.2) is 38.6 Å². The molecule has 0 aliphatic rings. The summed E-state index contributed by atoms with van der Waals surface area (Å²) in [6.07, 6.45) is 6.09. The van der Waals surface area contributed by atoms with E-state index in [0.29, 0.717) is 32.3 Å². The molecule has 0 fully saturated rings. The molecule has 0 aromatic carbocycles. The number of unbranched alkanes of at least 4 members (excludes halogenated alkanes) is 1. The van der Waals surface area contributed by atoms with Crippen molar-refractivity contribution < 1.29 is 14.2 Å². The highest BCUT2D eigenvalue weighted by atomic mass is 16.5. The van der Waals surface area contributed by atoms with Crippen molar-refractivity contribution in [2.45, 2.75) is 72.3 Å². The van der Waals surface area contributed by atoms with Gasteiger partial charge >= 0.3 is 0 Å². The second-order valence-corrected chi connectivity index (χ2v) is 6.07. The third-order valence-electron chi connectivity index (χ3n) is 3.84. The molecule has 0 spiro atoms. The average molecular weight is 288 g/mol. The fourth-order valence-electron chi connectivity index (χ4n) is 1.85. The molecule has 0 saturated carbocycles. The molecule has 0 saturated heterocycles. The monoisotopic (exact) mass is 288 g/mol. The number of rotatable bonds is 14. The van der Waals surface area contributed by atoms with Gasteiger partial charge < -0.3 is 14.2 Å². The SMILES string of the molecule is CCCCC(CC)COCCOCCOC(C)(C)CC. The first-order chi connectivity index (χ1) is 9.55. The molecule has 20 heavy (non-hydrogen) atoms. The van der Waals surface area contributed by atoms with Crippen LogP contribution in [0.5, 0.6) is 0 Å². The summed E-state index contributed by atoms with van der Waals surface area (Å²) in [5.74, 6) is 0.712. The lowest BCUT2D eigenvalue weighted by Crippen LogP contribution is -2.25. The van der Waals surface area contributed by atoms with Gasteiger partial charge in [-0.25, -0.2) is 0 Å². The Hall–Kier alpha value is -0.120. The third kappa shape index (κ3) is 11.7. The maximum absolute atomic E-state index is 5.72. The lowest BCUT2D eigenvalue weighted by atomic mass is 10.0. The van der Waals surface area contributed by atoms with Gasteiger partial charge in [0, 0.05) is 6.61 Å². The van der Waals surface area contributed by atoms with E-state index in [9.17, 15) is 0 Å². The summed E-state index contributed by atoms with van der Waals surface area (Å²) >= 11 is 0. The largest absolute Gasteiger partial charge is 0.379 e. The molecule has 0 heterocycles. The molecule has 3 nitrogen and oxygen atoms in total. The fourth-order valence-corrected chi connectivity index (χ4v) is 1.85. The highest BCUT2D eigenvalue weighted by Crippen LogP contribution is 2.13. The Morgan fingerprint density at radius 1 is 0.900 bits per heavy atom. The normalized spacial score (nSPS) is 13.7. The summed E-state index contributed by atoms with van der Waals surface area (Å²) in [5.41, 5.74) is -0.0342. The molecule has 1 atom stereocenters. The predicted molar refractivity (Wildman–Crippen MR) is 85.3 cm³/mol. The van der Waals surface area contributed by atoms with Crippen molar-refractivity contribution in [1.29, 1.82) is 0 Å². The van der Waals surface area contributed by atoms with Gasteiger partial charge in [0.2, 0.25) is 0 Å². The van der Waals surface area contributed by atoms with E-state index in [1.165, 1.54) is 25.7 Å². The Morgan fingerprint density at radius 2 is 1.55 bits per heavy atom. The standard InChI is InChI=1S/C17H36O3/c1-6-9-10-16(7-2)15-19-12-11-18-13-14-20-17(4,5)8-3/h16H,6-15H2,1-5H3. The predicted octanol–water partition coefficient (Wildman–Crippen LogP) is 4.44. The van der Waals surface area contributed by atoms with E-state index in [0.717, 1.165) is 13.0 Å². The third-order valence-corrected chi connectivity index (χ3v) is 3.84. The van der Waals surface area contributed by atoms with Crippen LogP contribution >= 0.6 is 0 Å². The van der Waals surface area contributed by atoms with Crippen molar-refractivity contribution in [3.8, 4) is 0 Å². The topological polar surface area (TPSA) is 27.7 Å². The summed E-state index contributed by atoms with van der Waals surface area (Å²) in [6, 6.07) is 0. The summed E-state index contributed by atoms with van der Waals surface area (Å²) in [4.78, 5) is 0. The quantitative estimate of drug-likeness (QED) is 0.442. The number of ether oxygens (including phenoxy) is 3. The summed E-state index contributed by atoms with van der Waals surface area (Å²) in [6.45, 7) is 14.4. The van der Waals surface area contributed by atoms with Gasteiger partial charge in [-0.05, 0) is 32.6 Å². The lowest BCUT2D eigenvalue weighted by Gasteiger charge is -2.23. The fraction of sp³-hybridized carbons (Fsp3) is 1.00. The summed E-state index contributed by atoms with van der Waals surface area (Å²) in [5, 5.41) is 0. The van der Waals surface area contributed by atoms with Gasteiger partial charge in [-0.15, -0.1) is 0 Å². The van der Waals surface area contributed by atoms with E-state index in [4.69, 9.17) is 14.2 Å². The minimum Gasteiger partial charge on any atom is -0.379 e. The van der Waals surface area contributed by atoms with Gasteiger partial charge in [0.05, 0.1) is 32.0 Å². The zero-order chi connectivity index (χ0) is 15.3. The first-order valence-electron chi connectivity index (χ1n) is 8.35. The molecular formula is C17H36O3. The molecule has 0 aliphatic carbocycles. The second kappa shape index (κ2) is 12.6. The van der Waals surface area contributed by atoms with Gasteiger partial charge in [-0.1, -0.05) is 40.0 Å². The van der Waals surface area contributed by atoms with Crippen LogP contribution < -0.4 is 0 Å². The molecule has 0 aliphatic heterocycles. The Bertz CT molecular complexity index is 204. The van der Waals surface area contributed by atoms with Gasteiger partial charge in [0.1, 0.15) is 0 Å². The molecule has 0 radical (unpaired) electrons. The van der Waals surface area contributed by atoms with Crippen molar-refractivity contribution in [2.75, 3.05) is 33.0 Å². The molecule has 0 N–H and O–H groups in total. The smallest absolute Gasteiger partial charge is 0.0707 e. The summed E-state index contributed by atoms with van der Waals surface area (Å²) in [7, 11) is 0. The average Bonchev–Trinajstić information content (AvgIpc) is 2.45. The van der Waals surface area contributed by atoms with Crippen LogP contribution in [0.1, 0.15) is 66.7 Å². The zero-order valence-corrected chi connectivity index (χ0v) is 14.4. The van der Waals surface area contributed by atoms with Crippen molar-refractivity contribution in [1.82, 2.24) is 0 Å². The van der Waals surface area contributed by atoms with E-state index in [-0.39, 0.29) is 5.60 Å². The minimum atomic E-state index is -0.0342. The van der Waals surface area contributed by atoms with E-state index in [1.54, 1.807) is 0 Å². The number of hydrogen-bond acceptors (Lipinski definition) is 3. The Kier molecular flexibility index (Phi) is 12.5. The molecular weight excluding hydrogens is 252 g/mol. The van der Waals surface area contributed by atoms with E-state index < -0.39 is 0 Å². The van der Waals surface area contributed by atoms with Crippen molar-refractivity contribution >= 4 is 0 Å². The first kappa shape index (κ1) is 19.9. The van der Waals surface area contributed by atoms with E-state index in [2.05, 4.69) is 34.6 Å². The van der Waals surface area contributed by atoms with Crippen LogP contribution in [0, 0.1) is 5.92 Å². The number of hydrogen-bond donors (Lipinski definition) is 0. The Morgan fingerprint density at radius 3 is 2.15 bits per heavy atom. The zero-order valence-electron chi connectivity index (χ0n) is 14.4. The maximum Gasteiger partial charge on any atom is 0.0707 e. The molecule has 0 amide bonds. The second-order valence-electron chi connectivity index (χ2n) is 6.07. The minimum absolute atomic E-state index is 0.0342. The van der Waals surface area contributed by atoms with Gasteiger partial charge in [0.25, 0.3) is 0 Å². The van der Waals surface area contributed by atoms with Crippen LogP contribution in [0.2, 0.25) is 0 Å². The van der Waals surface area contributed by atoms with Gasteiger partial charge in [0.15, 0.2) is 0 Å². The van der Waals surface area contributed by atoms with Gasteiger partial charge in [-0.2, -0.15) is 0 Å². The highest BCUT2D eigenvalue weighted by Gasteiger charge is 2.14. The van der Waals surface area contributed by atoms with Crippen molar-refractivity contribution in [3.63, 3.8) is 0 Å². The maximum atomic E-state index is 5.72. The van der Waals surface area contributed by atoms with Crippen LogP contribution in [0.15, 0.2) is 0 Å². The van der Waals surface area contributed by atoms with Crippen molar-refractivity contribution in [3.05, 3.63) is 0 Å². The van der Waals surface area contributed by atoms with E-state index >= 15 is 0 Å². The molecule has 0 bridgehead atoms. The Labute approximate surface area is 126 Å². The van der Waals surface area contributed by atoms with Crippen LogP contribution in [-0.2, 0) is 14.2 Å². The van der Waals surface area contributed by atoms with E-state index in [1.807, 2.05) is 0 Å². The van der Waals surface area contributed by atoms with Crippen molar-refractivity contribution in [2.24, 2.45) is 5.92 Å². The summed E-state index contributed by atoms with van der Waals surface area (Å²) < 4.78 is 16.9. The lowest BCUT2D eigenvalue weighted by molar-refractivity contribution is -0.0547. The molecule has 0 rings (SSSR count). The highest BCUT2D eigenvalue weighted by molar-refractivity contribution is 4.64. The molecule has 1 unspecified atom stereocenters. The molecule has 122 valence electrons. The first-order valence-corrected chi connectivity index (χ1v) is 8.35. The van der Waals surface area contributed by atoms with Crippen LogP contribution in [0.4, 0.5) is 0 Å². The Balaban J connectivity index is 3.35. The van der Waals surface area contributed by atoms with Gasteiger partial charge in [-0.3, -0.25) is 0 Å².